The van der Waals surface area contributed by atoms with Gasteiger partial charge < -0.3 is 10.0 Å². The Morgan fingerprint density at radius 1 is 1.40 bits per heavy atom. The van der Waals surface area contributed by atoms with E-state index < -0.39 is 5.97 Å². The van der Waals surface area contributed by atoms with Crippen LogP contribution in [0.1, 0.15) is 12.8 Å². The van der Waals surface area contributed by atoms with Gasteiger partial charge in [-0.15, -0.1) is 0 Å². The predicted molar refractivity (Wildman–Crippen MR) is 53.4 cm³/mol. The van der Waals surface area contributed by atoms with E-state index in [-0.39, 0.29) is 11.8 Å². The molecule has 84 valence electrons. The van der Waals surface area contributed by atoms with Crippen molar-refractivity contribution >= 4 is 11.9 Å². The number of carboxylic acids is 1. The Labute approximate surface area is 88.6 Å². The fraction of sp³-hybridized carbons (Fsp3) is 0.800. The van der Waals surface area contributed by atoms with Crippen molar-refractivity contribution in [3.8, 4) is 0 Å². The molecule has 0 aromatic heterocycles. The maximum Gasteiger partial charge on any atom is 0.309 e. The van der Waals surface area contributed by atoms with E-state index in [2.05, 4.69) is 0 Å². The van der Waals surface area contributed by atoms with Crippen molar-refractivity contribution in [1.82, 2.24) is 9.80 Å². The molecule has 5 heteroatoms. The standard InChI is InChI=1S/C10H16N2O3/c1-11(8-2-3-8)9(13)6-12-4-7(5-12)10(14)15/h7-8H,2-6H2,1H3,(H,14,15). The Morgan fingerprint density at radius 3 is 2.47 bits per heavy atom. The second kappa shape index (κ2) is 3.81. The maximum absolute atomic E-state index is 11.6. The Balaban J connectivity index is 1.70. The summed E-state index contributed by atoms with van der Waals surface area (Å²) in [6.45, 7) is 1.40. The molecule has 1 amide bonds. The predicted octanol–water partition coefficient (Wildman–Crippen LogP) is -0.376. The first-order chi connectivity index (χ1) is 7.08. The SMILES string of the molecule is CN(C(=O)CN1CC(C(=O)O)C1)C1CC1. The van der Waals surface area contributed by atoms with Crippen LogP contribution in [0.5, 0.6) is 0 Å². The number of likely N-dealkylation sites (N-methyl/N-ethyl adjacent to an activating group) is 1. The van der Waals surface area contributed by atoms with Gasteiger partial charge >= 0.3 is 5.97 Å². The largest absolute Gasteiger partial charge is 0.481 e. The van der Waals surface area contributed by atoms with Crippen LogP contribution < -0.4 is 0 Å². The zero-order chi connectivity index (χ0) is 11.0. The van der Waals surface area contributed by atoms with E-state index in [1.807, 2.05) is 11.9 Å². The number of aliphatic carboxylic acids is 1. The summed E-state index contributed by atoms with van der Waals surface area (Å²) in [4.78, 5) is 25.9. The first kappa shape index (κ1) is 10.4. The molecule has 0 aromatic rings. The van der Waals surface area contributed by atoms with Gasteiger partial charge in [-0.2, -0.15) is 0 Å². The third kappa shape index (κ3) is 2.28. The van der Waals surface area contributed by atoms with Gasteiger partial charge in [0.1, 0.15) is 0 Å². The van der Waals surface area contributed by atoms with E-state index in [0.717, 1.165) is 12.8 Å². The molecular formula is C10H16N2O3. The quantitative estimate of drug-likeness (QED) is 0.690. The molecule has 0 atom stereocenters. The van der Waals surface area contributed by atoms with Crippen LogP contribution in [0.15, 0.2) is 0 Å². The van der Waals surface area contributed by atoms with Crippen molar-refractivity contribution in [2.45, 2.75) is 18.9 Å². The number of hydrogen-bond donors (Lipinski definition) is 1. The van der Waals surface area contributed by atoms with Crippen LogP contribution in [0.4, 0.5) is 0 Å². The lowest BCUT2D eigenvalue weighted by atomic mass is 10.0. The van der Waals surface area contributed by atoms with E-state index in [1.165, 1.54) is 0 Å². The first-order valence-electron chi connectivity index (χ1n) is 5.28. The Morgan fingerprint density at radius 2 is 2.00 bits per heavy atom. The van der Waals surface area contributed by atoms with E-state index in [0.29, 0.717) is 25.7 Å². The summed E-state index contributed by atoms with van der Waals surface area (Å²) < 4.78 is 0. The highest BCUT2D eigenvalue weighted by Gasteiger charge is 2.36. The molecule has 0 aromatic carbocycles. The summed E-state index contributed by atoms with van der Waals surface area (Å²) >= 11 is 0. The van der Waals surface area contributed by atoms with Crippen molar-refractivity contribution < 1.29 is 14.7 Å². The summed E-state index contributed by atoms with van der Waals surface area (Å²) in [7, 11) is 1.83. The van der Waals surface area contributed by atoms with Gasteiger partial charge in [0.05, 0.1) is 12.5 Å². The molecule has 1 saturated carbocycles. The molecule has 15 heavy (non-hydrogen) atoms. The molecule has 2 fully saturated rings. The number of carbonyl (C=O) groups is 2. The topological polar surface area (TPSA) is 60.9 Å². The number of nitrogens with zero attached hydrogens (tertiary/aromatic N) is 2. The lowest BCUT2D eigenvalue weighted by Crippen LogP contribution is -2.53. The highest BCUT2D eigenvalue weighted by molar-refractivity contribution is 5.79. The van der Waals surface area contributed by atoms with Gasteiger partial charge in [-0.1, -0.05) is 0 Å². The van der Waals surface area contributed by atoms with Gasteiger partial charge in [-0.05, 0) is 12.8 Å². The zero-order valence-electron chi connectivity index (χ0n) is 8.85. The zero-order valence-corrected chi connectivity index (χ0v) is 8.85. The van der Waals surface area contributed by atoms with Crippen LogP contribution in [0.25, 0.3) is 0 Å². The Bertz CT molecular complexity index is 282. The minimum Gasteiger partial charge on any atom is -0.481 e. The number of carboxylic acid groups (broad SMARTS) is 1. The van der Waals surface area contributed by atoms with Crippen LogP contribution >= 0.6 is 0 Å². The number of likely N-dealkylation sites (tertiary alicyclic amines) is 1. The van der Waals surface area contributed by atoms with Crippen LogP contribution in [0.3, 0.4) is 0 Å². The van der Waals surface area contributed by atoms with E-state index in [1.54, 1.807) is 4.90 Å². The van der Waals surface area contributed by atoms with Gasteiger partial charge in [-0.3, -0.25) is 14.5 Å². The molecule has 0 spiro atoms. The molecule has 2 aliphatic rings. The van der Waals surface area contributed by atoms with Gasteiger partial charge in [0, 0.05) is 26.2 Å². The second-order valence-electron chi connectivity index (χ2n) is 4.47. The molecule has 1 N–H and O–H groups in total. The van der Waals surface area contributed by atoms with Gasteiger partial charge in [0.15, 0.2) is 0 Å². The molecule has 0 radical (unpaired) electrons. The van der Waals surface area contributed by atoms with Crippen molar-refractivity contribution in [1.29, 1.82) is 0 Å². The van der Waals surface area contributed by atoms with Crippen molar-refractivity contribution in [3.63, 3.8) is 0 Å². The normalized spacial score (nSPS) is 22.2. The molecule has 5 nitrogen and oxygen atoms in total. The molecule has 2 rings (SSSR count). The highest BCUT2D eigenvalue weighted by atomic mass is 16.4. The van der Waals surface area contributed by atoms with E-state index >= 15 is 0 Å². The fourth-order valence-corrected chi connectivity index (χ4v) is 1.82. The number of amides is 1. The third-order valence-corrected chi connectivity index (χ3v) is 3.15. The molecule has 0 bridgehead atoms. The van der Waals surface area contributed by atoms with E-state index in [4.69, 9.17) is 5.11 Å². The van der Waals surface area contributed by atoms with Crippen molar-refractivity contribution in [2.24, 2.45) is 5.92 Å². The molecule has 1 saturated heterocycles. The van der Waals surface area contributed by atoms with Crippen LogP contribution in [-0.4, -0.2) is 59.5 Å². The van der Waals surface area contributed by atoms with Gasteiger partial charge in [0.25, 0.3) is 0 Å². The third-order valence-electron chi connectivity index (χ3n) is 3.15. The molecule has 1 heterocycles. The fourth-order valence-electron chi connectivity index (χ4n) is 1.82. The summed E-state index contributed by atoms with van der Waals surface area (Å²) in [6.07, 6.45) is 2.22. The summed E-state index contributed by atoms with van der Waals surface area (Å²) in [5.41, 5.74) is 0. The number of rotatable bonds is 4. The Kier molecular flexibility index (Phi) is 2.65. The monoisotopic (exact) mass is 212 g/mol. The van der Waals surface area contributed by atoms with Crippen molar-refractivity contribution in [2.75, 3.05) is 26.7 Å². The number of hydrogen-bond acceptors (Lipinski definition) is 3. The van der Waals surface area contributed by atoms with Crippen molar-refractivity contribution in [3.05, 3.63) is 0 Å². The van der Waals surface area contributed by atoms with Gasteiger partial charge in [-0.25, -0.2) is 0 Å². The summed E-state index contributed by atoms with van der Waals surface area (Å²) in [5.74, 6) is -0.917. The molecule has 1 aliphatic carbocycles. The molecule has 0 unspecified atom stereocenters. The lowest BCUT2D eigenvalue weighted by molar-refractivity contribution is -0.149. The summed E-state index contributed by atoms with van der Waals surface area (Å²) in [5, 5.41) is 8.67. The van der Waals surface area contributed by atoms with Crippen LogP contribution in [0, 0.1) is 5.92 Å². The Hall–Kier alpha value is -1.10. The minimum atomic E-state index is -0.755. The highest BCUT2D eigenvalue weighted by Crippen LogP contribution is 2.25. The first-order valence-corrected chi connectivity index (χ1v) is 5.28. The second-order valence-corrected chi connectivity index (χ2v) is 4.47. The average molecular weight is 212 g/mol. The lowest BCUT2D eigenvalue weighted by Gasteiger charge is -2.36. The smallest absolute Gasteiger partial charge is 0.309 e. The molecular weight excluding hydrogens is 196 g/mol. The van der Waals surface area contributed by atoms with Crippen LogP contribution in [0.2, 0.25) is 0 Å². The minimum absolute atomic E-state index is 0.112. The number of carbonyl (C=O) groups excluding carboxylic acids is 1. The summed E-state index contributed by atoms with van der Waals surface area (Å²) in [6, 6.07) is 0.439. The average Bonchev–Trinajstić information content (AvgIpc) is 2.90. The van der Waals surface area contributed by atoms with Gasteiger partial charge in [0.2, 0.25) is 5.91 Å². The molecule has 1 aliphatic heterocycles. The van der Waals surface area contributed by atoms with Crippen LogP contribution in [-0.2, 0) is 9.59 Å². The van der Waals surface area contributed by atoms with E-state index in [9.17, 15) is 9.59 Å². The maximum atomic E-state index is 11.6.